The van der Waals surface area contributed by atoms with Gasteiger partial charge in [-0.25, -0.2) is 13.2 Å². The molecule has 152 valence electrons. The standard InChI is InChI=1S/C22H24N2O4S/c23-22(21(25)26,14-4-5-15-24-16-6-7-17-24)29(27,28)20-12-10-19(11-13-20)18-8-2-1-3-9-18/h1-3,8-13H,6-7,14-17,23H2,(H,25,26). The third-order valence-corrected chi connectivity index (χ3v) is 7.26. The second kappa shape index (κ2) is 8.78. The minimum absolute atomic E-state index is 0.136. The first-order valence-corrected chi connectivity index (χ1v) is 10.9. The Labute approximate surface area is 171 Å². The predicted molar refractivity (Wildman–Crippen MR) is 112 cm³/mol. The van der Waals surface area contributed by atoms with E-state index in [1.807, 2.05) is 30.3 Å². The van der Waals surface area contributed by atoms with Crippen LogP contribution < -0.4 is 5.73 Å². The Balaban J connectivity index is 1.81. The average molecular weight is 413 g/mol. The Kier molecular flexibility index (Phi) is 6.38. The van der Waals surface area contributed by atoms with Gasteiger partial charge < -0.3 is 10.8 Å². The van der Waals surface area contributed by atoms with E-state index in [0.29, 0.717) is 6.54 Å². The summed E-state index contributed by atoms with van der Waals surface area (Å²) in [5.74, 6) is 3.92. The molecule has 0 saturated carbocycles. The minimum Gasteiger partial charge on any atom is -0.479 e. The van der Waals surface area contributed by atoms with Gasteiger partial charge in [-0.2, -0.15) is 0 Å². The molecule has 29 heavy (non-hydrogen) atoms. The fourth-order valence-corrected chi connectivity index (χ4v) is 4.66. The van der Waals surface area contributed by atoms with E-state index in [1.165, 1.54) is 12.1 Å². The molecule has 0 radical (unpaired) electrons. The first kappa shape index (κ1) is 21.1. The van der Waals surface area contributed by atoms with Crippen LogP contribution in [0, 0.1) is 11.8 Å². The van der Waals surface area contributed by atoms with Gasteiger partial charge in [-0.3, -0.25) is 4.90 Å². The van der Waals surface area contributed by atoms with Crippen molar-refractivity contribution >= 4 is 15.8 Å². The maximum absolute atomic E-state index is 13.0. The Morgan fingerprint density at radius 1 is 1.00 bits per heavy atom. The van der Waals surface area contributed by atoms with Crippen LogP contribution in [-0.4, -0.2) is 48.9 Å². The Morgan fingerprint density at radius 2 is 1.59 bits per heavy atom. The van der Waals surface area contributed by atoms with Crippen LogP contribution >= 0.6 is 0 Å². The number of likely N-dealkylation sites (tertiary alicyclic amines) is 1. The summed E-state index contributed by atoms with van der Waals surface area (Å²) in [6.07, 6.45) is 1.76. The van der Waals surface area contributed by atoms with E-state index in [-0.39, 0.29) is 4.90 Å². The highest BCUT2D eigenvalue weighted by atomic mass is 32.2. The van der Waals surface area contributed by atoms with Crippen LogP contribution in [0.2, 0.25) is 0 Å². The molecule has 0 bridgehead atoms. The first-order valence-electron chi connectivity index (χ1n) is 9.45. The first-order chi connectivity index (χ1) is 13.8. The van der Waals surface area contributed by atoms with Crippen molar-refractivity contribution in [3.8, 4) is 23.0 Å². The van der Waals surface area contributed by atoms with Gasteiger partial charge in [-0.1, -0.05) is 54.3 Å². The molecule has 1 aliphatic rings. The van der Waals surface area contributed by atoms with Crippen molar-refractivity contribution in [1.29, 1.82) is 0 Å². The van der Waals surface area contributed by atoms with Gasteiger partial charge in [0.2, 0.25) is 14.7 Å². The lowest BCUT2D eigenvalue weighted by Gasteiger charge is -2.22. The number of benzene rings is 2. The molecule has 2 aromatic carbocycles. The molecule has 3 N–H and O–H groups in total. The van der Waals surface area contributed by atoms with Gasteiger partial charge in [0.05, 0.1) is 17.9 Å². The molecule has 0 amide bonds. The number of carbonyl (C=O) groups is 1. The highest BCUT2D eigenvalue weighted by molar-refractivity contribution is 7.93. The molecule has 1 aliphatic heterocycles. The van der Waals surface area contributed by atoms with E-state index >= 15 is 0 Å². The molecule has 1 atom stereocenters. The fraction of sp³-hybridized carbons (Fsp3) is 0.318. The lowest BCUT2D eigenvalue weighted by molar-refractivity contribution is -0.139. The summed E-state index contributed by atoms with van der Waals surface area (Å²) in [5.41, 5.74) is 7.65. The third kappa shape index (κ3) is 4.51. The average Bonchev–Trinajstić information content (AvgIpc) is 3.25. The van der Waals surface area contributed by atoms with Gasteiger partial charge in [0.25, 0.3) is 0 Å². The maximum Gasteiger partial charge on any atom is 0.340 e. The molecule has 0 spiro atoms. The van der Waals surface area contributed by atoms with E-state index in [1.54, 1.807) is 12.1 Å². The number of nitrogens with two attached hydrogens (primary N) is 1. The summed E-state index contributed by atoms with van der Waals surface area (Å²) in [5, 5.41) is 9.59. The number of nitrogens with zero attached hydrogens (tertiary/aromatic N) is 1. The van der Waals surface area contributed by atoms with Crippen molar-refractivity contribution in [2.75, 3.05) is 19.6 Å². The van der Waals surface area contributed by atoms with Crippen LogP contribution in [0.3, 0.4) is 0 Å². The number of carboxylic acid groups (broad SMARTS) is 1. The number of sulfone groups is 1. The van der Waals surface area contributed by atoms with E-state index < -0.39 is 27.1 Å². The van der Waals surface area contributed by atoms with Crippen LogP contribution in [0.5, 0.6) is 0 Å². The van der Waals surface area contributed by atoms with Gasteiger partial charge in [0.15, 0.2) is 0 Å². The number of rotatable bonds is 6. The summed E-state index contributed by atoms with van der Waals surface area (Å²) in [4.78, 5) is 11.3. The topological polar surface area (TPSA) is 101 Å². The quantitative estimate of drug-likeness (QED) is 0.707. The van der Waals surface area contributed by atoms with E-state index in [9.17, 15) is 18.3 Å². The summed E-state index contributed by atoms with van der Waals surface area (Å²) >= 11 is 0. The van der Waals surface area contributed by atoms with Crippen molar-refractivity contribution in [3.05, 3.63) is 54.6 Å². The zero-order valence-electron chi connectivity index (χ0n) is 16.0. The molecule has 0 aliphatic carbocycles. The van der Waals surface area contributed by atoms with Crippen molar-refractivity contribution in [2.45, 2.75) is 29.0 Å². The van der Waals surface area contributed by atoms with Crippen LogP contribution in [0.4, 0.5) is 0 Å². The SMILES string of the molecule is NC(CC#CCN1CCCC1)(C(=O)O)S(=O)(=O)c1ccc(-c2ccccc2)cc1. The van der Waals surface area contributed by atoms with Gasteiger partial charge in [0.1, 0.15) is 0 Å². The highest BCUT2D eigenvalue weighted by Gasteiger charge is 2.48. The summed E-state index contributed by atoms with van der Waals surface area (Å²) in [7, 11) is -4.34. The fourth-order valence-electron chi connectivity index (χ4n) is 3.26. The van der Waals surface area contributed by atoms with Crippen LogP contribution in [0.15, 0.2) is 59.5 Å². The zero-order valence-corrected chi connectivity index (χ0v) is 16.9. The van der Waals surface area contributed by atoms with Gasteiger partial charge in [-0.15, -0.1) is 0 Å². The van der Waals surface area contributed by atoms with Gasteiger partial charge in [-0.05, 0) is 49.2 Å². The summed E-state index contributed by atoms with van der Waals surface area (Å²) in [6, 6.07) is 15.5. The smallest absolute Gasteiger partial charge is 0.340 e. The molecule has 3 rings (SSSR count). The number of carboxylic acids is 1. The van der Waals surface area contributed by atoms with Gasteiger partial charge in [0, 0.05) is 0 Å². The highest BCUT2D eigenvalue weighted by Crippen LogP contribution is 2.27. The van der Waals surface area contributed by atoms with E-state index in [0.717, 1.165) is 37.1 Å². The molecule has 0 aromatic heterocycles. The second-order valence-electron chi connectivity index (χ2n) is 7.10. The molecule has 1 unspecified atom stereocenters. The lowest BCUT2D eigenvalue weighted by atomic mass is 10.1. The molecule has 1 fully saturated rings. The summed E-state index contributed by atoms with van der Waals surface area (Å²) in [6.45, 7) is 2.39. The summed E-state index contributed by atoms with van der Waals surface area (Å²) < 4.78 is 26.0. The molecule has 1 saturated heterocycles. The molecule has 6 nitrogen and oxygen atoms in total. The molecule has 1 heterocycles. The van der Waals surface area contributed by atoms with Gasteiger partial charge >= 0.3 is 5.97 Å². The van der Waals surface area contributed by atoms with E-state index in [4.69, 9.17) is 5.73 Å². The Hall–Kier alpha value is -2.66. The van der Waals surface area contributed by atoms with Crippen LogP contribution in [0.1, 0.15) is 19.3 Å². The largest absolute Gasteiger partial charge is 0.479 e. The van der Waals surface area contributed by atoms with E-state index in [2.05, 4.69) is 16.7 Å². The Bertz CT molecular complexity index is 1020. The van der Waals surface area contributed by atoms with Crippen molar-refractivity contribution in [3.63, 3.8) is 0 Å². The second-order valence-corrected chi connectivity index (χ2v) is 9.31. The number of hydrogen-bond donors (Lipinski definition) is 2. The number of aliphatic carboxylic acids is 1. The van der Waals surface area contributed by atoms with Crippen molar-refractivity contribution in [1.82, 2.24) is 4.90 Å². The van der Waals surface area contributed by atoms with Crippen LogP contribution in [-0.2, 0) is 14.6 Å². The zero-order chi connectivity index (χ0) is 20.9. The molecule has 2 aromatic rings. The lowest BCUT2D eigenvalue weighted by Crippen LogP contribution is -2.54. The van der Waals surface area contributed by atoms with Crippen molar-refractivity contribution < 1.29 is 18.3 Å². The normalized spacial score (nSPS) is 16.6. The molecular formula is C22H24N2O4S. The predicted octanol–water partition coefficient (Wildman–Crippen LogP) is 2.36. The Morgan fingerprint density at radius 3 is 2.17 bits per heavy atom. The third-order valence-electron chi connectivity index (χ3n) is 5.09. The number of hydrogen-bond acceptors (Lipinski definition) is 5. The molecule has 7 heteroatoms. The minimum atomic E-state index is -4.34. The van der Waals surface area contributed by atoms with Crippen LogP contribution in [0.25, 0.3) is 11.1 Å². The van der Waals surface area contributed by atoms with Crippen molar-refractivity contribution in [2.24, 2.45) is 5.73 Å². The molecular weight excluding hydrogens is 388 g/mol. The monoisotopic (exact) mass is 412 g/mol. The maximum atomic E-state index is 13.0.